The Morgan fingerprint density at radius 3 is 2.57 bits per heavy atom. The number of nitrogens with zero attached hydrogens (tertiary/aromatic N) is 2. The summed E-state index contributed by atoms with van der Waals surface area (Å²) in [5.74, 6) is 1.75. The zero-order valence-electron chi connectivity index (χ0n) is 14.3. The van der Waals surface area contributed by atoms with Crippen molar-refractivity contribution < 1.29 is 0 Å². The summed E-state index contributed by atoms with van der Waals surface area (Å²) in [6, 6.07) is 0. The molecule has 120 valence electrons. The number of piperidine rings is 1. The Balaban J connectivity index is 1.78. The van der Waals surface area contributed by atoms with Crippen LogP contribution in [0.5, 0.6) is 0 Å². The van der Waals surface area contributed by atoms with Gasteiger partial charge in [-0.05, 0) is 58.5 Å². The number of rotatable bonds is 5. The second-order valence-electron chi connectivity index (χ2n) is 7.69. The normalized spacial score (nSPS) is 18.6. The monoisotopic (exact) mass is 309 g/mol. The van der Waals surface area contributed by atoms with Crippen LogP contribution in [-0.4, -0.2) is 28.5 Å². The summed E-state index contributed by atoms with van der Waals surface area (Å²) >= 11 is 1.78. The quantitative estimate of drug-likeness (QED) is 0.894. The summed E-state index contributed by atoms with van der Waals surface area (Å²) in [6.45, 7) is 15.7. The van der Waals surface area contributed by atoms with Gasteiger partial charge in [0.2, 0.25) is 0 Å². The van der Waals surface area contributed by atoms with Gasteiger partial charge in [0.1, 0.15) is 5.01 Å². The fourth-order valence-electron chi connectivity index (χ4n) is 2.85. The molecule has 4 heteroatoms. The van der Waals surface area contributed by atoms with Crippen LogP contribution in [0.3, 0.4) is 0 Å². The third-order valence-electron chi connectivity index (χ3n) is 4.33. The van der Waals surface area contributed by atoms with Crippen molar-refractivity contribution in [2.45, 2.75) is 66.1 Å². The summed E-state index contributed by atoms with van der Waals surface area (Å²) in [5.41, 5.74) is 1.40. The van der Waals surface area contributed by atoms with Gasteiger partial charge < -0.3 is 5.32 Å². The molecule has 0 bridgehead atoms. The summed E-state index contributed by atoms with van der Waals surface area (Å²) in [7, 11) is 0. The largest absolute Gasteiger partial charge is 0.306 e. The lowest BCUT2D eigenvalue weighted by atomic mass is 9.87. The SMILES string of the molecule is CC(C)C1CCN(Cc2csc(CNC(C)(C)C)n2)CC1. The van der Waals surface area contributed by atoms with E-state index in [4.69, 9.17) is 4.98 Å². The molecule has 0 amide bonds. The molecule has 0 aromatic carbocycles. The molecular formula is C17H31N3S. The van der Waals surface area contributed by atoms with Gasteiger partial charge in [-0.3, -0.25) is 4.90 Å². The Labute approximate surface area is 134 Å². The van der Waals surface area contributed by atoms with Crippen LogP contribution in [0.15, 0.2) is 5.38 Å². The molecule has 0 unspecified atom stereocenters. The van der Waals surface area contributed by atoms with Crippen LogP contribution in [0.4, 0.5) is 0 Å². The highest BCUT2D eigenvalue weighted by Gasteiger charge is 2.22. The van der Waals surface area contributed by atoms with E-state index in [2.05, 4.69) is 50.2 Å². The summed E-state index contributed by atoms with van der Waals surface area (Å²) < 4.78 is 0. The van der Waals surface area contributed by atoms with Crippen molar-refractivity contribution in [2.75, 3.05) is 13.1 Å². The van der Waals surface area contributed by atoms with Crippen LogP contribution in [0.25, 0.3) is 0 Å². The zero-order valence-corrected chi connectivity index (χ0v) is 15.1. The van der Waals surface area contributed by atoms with Gasteiger partial charge in [0.25, 0.3) is 0 Å². The molecule has 2 heterocycles. The molecule has 1 N–H and O–H groups in total. The van der Waals surface area contributed by atoms with E-state index in [1.807, 2.05) is 0 Å². The molecule has 0 radical (unpaired) electrons. The Hall–Kier alpha value is -0.450. The minimum Gasteiger partial charge on any atom is -0.306 e. The smallest absolute Gasteiger partial charge is 0.107 e. The van der Waals surface area contributed by atoms with E-state index in [0.717, 1.165) is 24.9 Å². The average Bonchev–Trinajstić information content (AvgIpc) is 2.84. The Morgan fingerprint density at radius 2 is 2.00 bits per heavy atom. The van der Waals surface area contributed by atoms with E-state index in [1.165, 1.54) is 36.6 Å². The lowest BCUT2D eigenvalue weighted by Crippen LogP contribution is -2.35. The molecule has 1 aliphatic rings. The van der Waals surface area contributed by atoms with Gasteiger partial charge in [-0.2, -0.15) is 0 Å². The lowest BCUT2D eigenvalue weighted by molar-refractivity contribution is 0.151. The van der Waals surface area contributed by atoms with Crippen molar-refractivity contribution in [1.82, 2.24) is 15.2 Å². The predicted molar refractivity (Wildman–Crippen MR) is 91.5 cm³/mol. The molecule has 21 heavy (non-hydrogen) atoms. The van der Waals surface area contributed by atoms with E-state index < -0.39 is 0 Å². The third kappa shape index (κ3) is 5.68. The van der Waals surface area contributed by atoms with Crippen LogP contribution in [0.1, 0.15) is 58.2 Å². The number of aromatic nitrogens is 1. The van der Waals surface area contributed by atoms with E-state index in [9.17, 15) is 0 Å². The van der Waals surface area contributed by atoms with Crippen LogP contribution in [0.2, 0.25) is 0 Å². The molecule has 2 rings (SSSR count). The maximum Gasteiger partial charge on any atom is 0.107 e. The van der Waals surface area contributed by atoms with Crippen LogP contribution in [0, 0.1) is 11.8 Å². The predicted octanol–water partition coefficient (Wildman–Crippen LogP) is 3.90. The molecule has 1 aromatic heterocycles. The first kappa shape index (κ1) is 16.9. The van der Waals surface area contributed by atoms with Gasteiger partial charge in [0.05, 0.1) is 5.69 Å². The number of thiazole rings is 1. The molecule has 3 nitrogen and oxygen atoms in total. The van der Waals surface area contributed by atoms with Crippen LogP contribution >= 0.6 is 11.3 Å². The van der Waals surface area contributed by atoms with E-state index in [1.54, 1.807) is 11.3 Å². The second kappa shape index (κ2) is 7.21. The van der Waals surface area contributed by atoms with Crippen molar-refractivity contribution in [2.24, 2.45) is 11.8 Å². The van der Waals surface area contributed by atoms with E-state index in [0.29, 0.717) is 0 Å². The lowest BCUT2D eigenvalue weighted by Gasteiger charge is -2.33. The maximum atomic E-state index is 4.78. The van der Waals surface area contributed by atoms with Crippen molar-refractivity contribution in [3.8, 4) is 0 Å². The number of nitrogens with one attached hydrogen (secondary N) is 1. The minimum absolute atomic E-state index is 0.157. The molecule has 1 aliphatic heterocycles. The topological polar surface area (TPSA) is 28.2 Å². The molecule has 1 aromatic rings. The third-order valence-corrected chi connectivity index (χ3v) is 5.23. The van der Waals surface area contributed by atoms with Gasteiger partial charge in [0.15, 0.2) is 0 Å². The van der Waals surface area contributed by atoms with E-state index in [-0.39, 0.29) is 5.54 Å². The average molecular weight is 310 g/mol. The van der Waals surface area contributed by atoms with Gasteiger partial charge in [-0.25, -0.2) is 4.98 Å². The first-order valence-corrected chi connectivity index (χ1v) is 9.12. The molecule has 1 saturated heterocycles. The highest BCUT2D eigenvalue weighted by molar-refractivity contribution is 7.09. The van der Waals surface area contributed by atoms with Crippen LogP contribution in [-0.2, 0) is 13.1 Å². The molecule has 1 fully saturated rings. The Bertz CT molecular complexity index is 425. The molecular weight excluding hydrogens is 278 g/mol. The molecule has 0 aliphatic carbocycles. The highest BCUT2D eigenvalue weighted by Crippen LogP contribution is 2.25. The highest BCUT2D eigenvalue weighted by atomic mass is 32.1. The summed E-state index contributed by atoms with van der Waals surface area (Å²) in [6.07, 6.45) is 2.69. The zero-order chi connectivity index (χ0) is 15.5. The molecule has 0 spiro atoms. The second-order valence-corrected chi connectivity index (χ2v) is 8.64. The maximum absolute atomic E-state index is 4.78. The molecule has 0 saturated carbocycles. The summed E-state index contributed by atoms with van der Waals surface area (Å²) in [4.78, 5) is 7.34. The Kier molecular flexibility index (Phi) is 5.81. The minimum atomic E-state index is 0.157. The van der Waals surface area contributed by atoms with Crippen molar-refractivity contribution >= 4 is 11.3 Å². The first-order chi connectivity index (χ1) is 9.83. The van der Waals surface area contributed by atoms with E-state index >= 15 is 0 Å². The first-order valence-electron chi connectivity index (χ1n) is 8.24. The number of hydrogen-bond donors (Lipinski definition) is 1. The van der Waals surface area contributed by atoms with Crippen molar-refractivity contribution in [1.29, 1.82) is 0 Å². The fraction of sp³-hybridized carbons (Fsp3) is 0.824. The van der Waals surface area contributed by atoms with Crippen molar-refractivity contribution in [3.05, 3.63) is 16.1 Å². The van der Waals surface area contributed by atoms with Gasteiger partial charge >= 0.3 is 0 Å². The van der Waals surface area contributed by atoms with Crippen molar-refractivity contribution in [3.63, 3.8) is 0 Å². The van der Waals surface area contributed by atoms with Crippen LogP contribution < -0.4 is 5.32 Å². The number of likely N-dealkylation sites (tertiary alicyclic amines) is 1. The Morgan fingerprint density at radius 1 is 1.33 bits per heavy atom. The van der Waals surface area contributed by atoms with Gasteiger partial charge in [0, 0.05) is 24.0 Å². The van der Waals surface area contributed by atoms with Gasteiger partial charge in [-0.15, -0.1) is 11.3 Å². The fourth-order valence-corrected chi connectivity index (χ4v) is 3.58. The number of hydrogen-bond acceptors (Lipinski definition) is 4. The van der Waals surface area contributed by atoms with Gasteiger partial charge in [-0.1, -0.05) is 13.8 Å². The summed E-state index contributed by atoms with van der Waals surface area (Å²) in [5, 5.41) is 6.94. The molecule has 0 atom stereocenters. The standard InChI is InChI=1S/C17H31N3S/c1-13(2)14-6-8-20(9-7-14)11-15-12-21-16(19-15)10-18-17(3,4)5/h12-14,18H,6-11H2,1-5H3.